The van der Waals surface area contributed by atoms with Gasteiger partial charge in [0.1, 0.15) is 11.0 Å². The first-order valence-corrected chi connectivity index (χ1v) is 7.00. The van der Waals surface area contributed by atoms with Crippen LogP contribution in [0, 0.1) is 5.92 Å². The number of methoxy groups -OCH3 is 1. The van der Waals surface area contributed by atoms with Crippen LogP contribution < -0.4 is 4.90 Å². The molecular formula is C12H15Cl3N2O. The van der Waals surface area contributed by atoms with Crippen molar-refractivity contribution < 1.29 is 4.74 Å². The van der Waals surface area contributed by atoms with Gasteiger partial charge in [-0.05, 0) is 24.8 Å². The molecule has 0 amide bonds. The molecule has 1 fully saturated rings. The lowest BCUT2D eigenvalue weighted by Crippen LogP contribution is -2.35. The normalized spacial score (nSPS) is 17.2. The van der Waals surface area contributed by atoms with Crippen molar-refractivity contribution in [2.75, 3.05) is 31.7 Å². The highest BCUT2D eigenvalue weighted by Gasteiger charge is 2.22. The second-order valence-corrected chi connectivity index (χ2v) is 5.62. The van der Waals surface area contributed by atoms with Crippen LogP contribution >= 0.6 is 34.8 Å². The third-order valence-corrected chi connectivity index (χ3v) is 4.14. The largest absolute Gasteiger partial charge is 0.384 e. The Labute approximate surface area is 122 Å². The highest BCUT2D eigenvalue weighted by molar-refractivity contribution is 6.42. The zero-order valence-electron chi connectivity index (χ0n) is 10.1. The smallest absolute Gasteiger partial charge is 0.150 e. The Morgan fingerprint density at radius 2 is 1.94 bits per heavy atom. The first-order chi connectivity index (χ1) is 8.61. The van der Waals surface area contributed by atoms with E-state index in [0.29, 0.717) is 21.1 Å². The van der Waals surface area contributed by atoms with Gasteiger partial charge in [0.05, 0.1) is 10.0 Å². The summed E-state index contributed by atoms with van der Waals surface area (Å²) in [5.41, 5.74) is 0. The summed E-state index contributed by atoms with van der Waals surface area (Å²) in [6.45, 7) is 2.65. The van der Waals surface area contributed by atoms with Crippen LogP contribution in [0.2, 0.25) is 15.2 Å². The van der Waals surface area contributed by atoms with Crippen LogP contribution in [0.25, 0.3) is 0 Å². The molecule has 1 saturated heterocycles. The van der Waals surface area contributed by atoms with Gasteiger partial charge in [-0.15, -0.1) is 0 Å². The molecule has 2 heterocycles. The maximum absolute atomic E-state index is 6.16. The molecule has 1 aromatic heterocycles. The molecule has 3 nitrogen and oxygen atoms in total. The minimum absolute atomic E-state index is 0.301. The minimum Gasteiger partial charge on any atom is -0.384 e. The van der Waals surface area contributed by atoms with Gasteiger partial charge in [-0.3, -0.25) is 0 Å². The Balaban J connectivity index is 2.07. The van der Waals surface area contributed by atoms with Gasteiger partial charge < -0.3 is 9.64 Å². The monoisotopic (exact) mass is 308 g/mol. The zero-order chi connectivity index (χ0) is 13.1. The van der Waals surface area contributed by atoms with Gasteiger partial charge >= 0.3 is 0 Å². The number of ether oxygens (including phenoxy) is 1. The van der Waals surface area contributed by atoms with E-state index in [1.165, 1.54) is 0 Å². The molecule has 1 aromatic rings. The van der Waals surface area contributed by atoms with Crippen molar-refractivity contribution in [1.82, 2.24) is 4.98 Å². The SMILES string of the molecule is COCC1CCN(c2nc(Cl)c(Cl)cc2Cl)CC1. The van der Waals surface area contributed by atoms with E-state index in [2.05, 4.69) is 9.88 Å². The molecule has 0 spiro atoms. The van der Waals surface area contributed by atoms with Crippen LogP contribution in [-0.4, -0.2) is 31.8 Å². The third kappa shape index (κ3) is 3.21. The predicted octanol–water partition coefficient (Wildman–Crippen LogP) is 3.90. The average molecular weight is 310 g/mol. The van der Waals surface area contributed by atoms with Crippen molar-refractivity contribution in [1.29, 1.82) is 0 Å². The first kappa shape index (κ1) is 14.2. The van der Waals surface area contributed by atoms with Crippen LogP contribution in [0.1, 0.15) is 12.8 Å². The maximum Gasteiger partial charge on any atom is 0.150 e. The average Bonchev–Trinajstić information content (AvgIpc) is 2.35. The molecule has 1 aliphatic heterocycles. The van der Waals surface area contributed by atoms with E-state index in [1.54, 1.807) is 13.2 Å². The predicted molar refractivity (Wildman–Crippen MR) is 76.1 cm³/mol. The summed E-state index contributed by atoms with van der Waals surface area (Å²) >= 11 is 18.0. The van der Waals surface area contributed by atoms with Crippen molar-refractivity contribution in [3.8, 4) is 0 Å². The van der Waals surface area contributed by atoms with Crippen LogP contribution in [-0.2, 0) is 4.74 Å². The molecule has 100 valence electrons. The number of nitrogens with zero attached hydrogens (tertiary/aromatic N) is 2. The standard InChI is InChI=1S/C12H15Cl3N2O/c1-18-7-8-2-4-17(5-3-8)12-10(14)6-9(13)11(15)16-12/h6,8H,2-5,7H2,1H3. The second kappa shape index (κ2) is 6.29. The molecular weight excluding hydrogens is 295 g/mol. The Kier molecular flexibility index (Phi) is 4.96. The van der Waals surface area contributed by atoms with Gasteiger partial charge in [-0.2, -0.15) is 0 Å². The topological polar surface area (TPSA) is 25.4 Å². The molecule has 0 N–H and O–H groups in total. The Morgan fingerprint density at radius 3 is 2.56 bits per heavy atom. The second-order valence-electron chi connectivity index (χ2n) is 4.45. The number of rotatable bonds is 3. The number of pyridine rings is 1. The van der Waals surface area contributed by atoms with Gasteiger partial charge in [0.25, 0.3) is 0 Å². The van der Waals surface area contributed by atoms with Crippen LogP contribution in [0.15, 0.2) is 6.07 Å². The number of halogens is 3. The summed E-state index contributed by atoms with van der Waals surface area (Å²) < 4.78 is 5.18. The lowest BCUT2D eigenvalue weighted by molar-refractivity contribution is 0.139. The van der Waals surface area contributed by atoms with Gasteiger partial charge in [-0.1, -0.05) is 34.8 Å². The van der Waals surface area contributed by atoms with Crippen LogP contribution in [0.4, 0.5) is 5.82 Å². The quantitative estimate of drug-likeness (QED) is 0.792. The first-order valence-electron chi connectivity index (χ1n) is 5.87. The fraction of sp³-hybridized carbons (Fsp3) is 0.583. The van der Waals surface area contributed by atoms with E-state index in [-0.39, 0.29) is 0 Å². The number of piperidine rings is 1. The van der Waals surface area contributed by atoms with E-state index in [4.69, 9.17) is 39.5 Å². The molecule has 0 bridgehead atoms. The Morgan fingerprint density at radius 1 is 1.28 bits per heavy atom. The van der Waals surface area contributed by atoms with E-state index < -0.39 is 0 Å². The van der Waals surface area contributed by atoms with Crippen molar-refractivity contribution in [3.63, 3.8) is 0 Å². The number of hydrogen-bond acceptors (Lipinski definition) is 3. The Bertz CT molecular complexity index is 420. The summed E-state index contributed by atoms with van der Waals surface area (Å²) in [6.07, 6.45) is 2.15. The van der Waals surface area contributed by atoms with Gasteiger partial charge in [-0.25, -0.2) is 4.98 Å². The molecule has 0 aromatic carbocycles. The molecule has 2 rings (SSSR count). The molecule has 0 saturated carbocycles. The highest BCUT2D eigenvalue weighted by Crippen LogP contribution is 2.33. The molecule has 6 heteroatoms. The fourth-order valence-electron chi connectivity index (χ4n) is 2.20. The number of anilines is 1. The van der Waals surface area contributed by atoms with Gasteiger partial charge in [0.15, 0.2) is 0 Å². The molecule has 18 heavy (non-hydrogen) atoms. The highest BCUT2D eigenvalue weighted by atomic mass is 35.5. The minimum atomic E-state index is 0.301. The molecule has 0 unspecified atom stereocenters. The summed E-state index contributed by atoms with van der Waals surface area (Å²) in [7, 11) is 1.74. The van der Waals surface area contributed by atoms with Crippen molar-refractivity contribution in [3.05, 3.63) is 21.3 Å². The van der Waals surface area contributed by atoms with Crippen molar-refractivity contribution >= 4 is 40.6 Å². The Hall–Kier alpha value is -0.220. The van der Waals surface area contributed by atoms with Crippen LogP contribution in [0.3, 0.4) is 0 Å². The summed E-state index contributed by atoms with van der Waals surface area (Å²) in [5.74, 6) is 1.34. The van der Waals surface area contributed by atoms with Crippen molar-refractivity contribution in [2.24, 2.45) is 5.92 Å². The molecule has 0 aliphatic carbocycles. The molecule has 0 radical (unpaired) electrons. The summed E-state index contributed by atoms with van der Waals surface area (Å²) in [5, 5.41) is 1.24. The van der Waals surface area contributed by atoms with Crippen molar-refractivity contribution in [2.45, 2.75) is 12.8 Å². The molecule has 0 atom stereocenters. The number of hydrogen-bond donors (Lipinski definition) is 0. The maximum atomic E-state index is 6.16. The summed E-state index contributed by atoms with van der Waals surface area (Å²) in [4.78, 5) is 6.41. The lowest BCUT2D eigenvalue weighted by atomic mass is 9.98. The van der Waals surface area contributed by atoms with E-state index in [9.17, 15) is 0 Å². The van der Waals surface area contributed by atoms with E-state index >= 15 is 0 Å². The van der Waals surface area contributed by atoms with E-state index in [0.717, 1.165) is 38.4 Å². The van der Waals surface area contributed by atoms with Gasteiger partial charge in [0.2, 0.25) is 0 Å². The summed E-state index contributed by atoms with van der Waals surface area (Å²) in [6, 6.07) is 1.65. The van der Waals surface area contributed by atoms with Crippen LogP contribution in [0.5, 0.6) is 0 Å². The fourth-order valence-corrected chi connectivity index (χ4v) is 2.82. The third-order valence-electron chi connectivity index (χ3n) is 3.18. The zero-order valence-corrected chi connectivity index (χ0v) is 12.4. The van der Waals surface area contributed by atoms with Gasteiger partial charge in [0, 0.05) is 26.8 Å². The lowest BCUT2D eigenvalue weighted by Gasteiger charge is -2.33. The number of aromatic nitrogens is 1. The van der Waals surface area contributed by atoms with E-state index in [1.807, 2.05) is 0 Å². The molecule has 1 aliphatic rings.